The quantitative estimate of drug-likeness (QED) is 0.0786. The molecule has 0 rings (SSSR count). The van der Waals surface area contributed by atoms with Crippen molar-refractivity contribution in [3.8, 4) is 0 Å². The molecule has 0 radical (unpaired) electrons. The molecule has 0 amide bonds. The van der Waals surface area contributed by atoms with Crippen LogP contribution >= 0.6 is 0 Å². The summed E-state index contributed by atoms with van der Waals surface area (Å²) < 4.78 is 15.8. The van der Waals surface area contributed by atoms with Gasteiger partial charge in [-0.25, -0.2) is 0 Å². The Labute approximate surface area is 225 Å². The highest BCUT2D eigenvalue weighted by atomic mass is 16.6. The van der Waals surface area contributed by atoms with Gasteiger partial charge in [-0.1, -0.05) is 96.8 Å². The monoisotopic (exact) mass is 528 g/mol. The minimum atomic E-state index is -0.822. The van der Waals surface area contributed by atoms with Crippen molar-refractivity contribution >= 4 is 17.9 Å². The van der Waals surface area contributed by atoms with Crippen LogP contribution in [0.3, 0.4) is 0 Å². The summed E-state index contributed by atoms with van der Waals surface area (Å²) in [4.78, 5) is 35.8. The van der Waals surface area contributed by atoms with Crippen LogP contribution in [0.2, 0.25) is 0 Å². The van der Waals surface area contributed by atoms with E-state index >= 15 is 0 Å². The third kappa shape index (κ3) is 25.7. The van der Waals surface area contributed by atoms with Gasteiger partial charge in [0.15, 0.2) is 6.10 Å². The van der Waals surface area contributed by atoms with Gasteiger partial charge in [-0.15, -0.1) is 0 Å². The Morgan fingerprint density at radius 2 is 0.865 bits per heavy atom. The van der Waals surface area contributed by atoms with Crippen molar-refractivity contribution in [3.05, 3.63) is 0 Å². The molecule has 0 saturated carbocycles. The molecule has 0 aliphatic carbocycles. The molecule has 0 bridgehead atoms. The van der Waals surface area contributed by atoms with Gasteiger partial charge in [-0.3, -0.25) is 14.4 Å². The predicted octanol–water partition coefficient (Wildman–Crippen LogP) is 5.72. The number of unbranched alkanes of at least 4 members (excludes halogenated alkanes) is 14. The summed E-state index contributed by atoms with van der Waals surface area (Å²) in [6, 6.07) is 0. The van der Waals surface area contributed by atoms with Gasteiger partial charge in [0.1, 0.15) is 13.2 Å². The molecule has 8 nitrogen and oxygen atoms in total. The van der Waals surface area contributed by atoms with E-state index in [4.69, 9.17) is 25.7 Å². The number of carbonyl (C=O) groups is 3. The first-order valence-corrected chi connectivity index (χ1v) is 14.9. The molecule has 0 saturated heterocycles. The molecule has 8 heteroatoms. The minimum Gasteiger partial charge on any atom is -0.462 e. The molecule has 0 unspecified atom stereocenters. The second kappa shape index (κ2) is 27.4. The molecule has 218 valence electrons. The standard InChI is InChI=1S/C29H56N2O6/c1-2-3-4-5-6-7-8-9-10-11-12-13-14-15-16-19-27(32)35-24-26(37-29(34)21-18-23-31)25-36-28(33)20-17-22-30/h26H,2-25,30-31H2,1H3/t26-/m1/s1. The van der Waals surface area contributed by atoms with E-state index in [1.54, 1.807) is 0 Å². The van der Waals surface area contributed by atoms with E-state index in [2.05, 4.69) is 6.92 Å². The summed E-state index contributed by atoms with van der Waals surface area (Å²) in [6.45, 7) is 2.75. The van der Waals surface area contributed by atoms with Gasteiger partial charge in [0.05, 0.1) is 0 Å². The van der Waals surface area contributed by atoms with Crippen molar-refractivity contribution in [2.75, 3.05) is 26.3 Å². The first-order valence-electron chi connectivity index (χ1n) is 14.9. The summed E-state index contributed by atoms with van der Waals surface area (Å²) in [5.41, 5.74) is 10.8. The van der Waals surface area contributed by atoms with Crippen LogP contribution in [-0.4, -0.2) is 50.3 Å². The van der Waals surface area contributed by atoms with E-state index in [0.29, 0.717) is 32.4 Å². The van der Waals surface area contributed by atoms with Crippen LogP contribution in [0.4, 0.5) is 0 Å². The Morgan fingerprint density at radius 1 is 0.514 bits per heavy atom. The minimum absolute atomic E-state index is 0.129. The lowest BCUT2D eigenvalue weighted by atomic mass is 10.0. The summed E-state index contributed by atoms with van der Waals surface area (Å²) in [7, 11) is 0. The van der Waals surface area contributed by atoms with Gasteiger partial charge in [-0.2, -0.15) is 0 Å². The lowest BCUT2D eigenvalue weighted by Gasteiger charge is -2.18. The maximum absolute atomic E-state index is 12.1. The number of nitrogens with two attached hydrogens (primary N) is 2. The molecule has 0 aromatic heterocycles. The SMILES string of the molecule is CCCCCCCCCCCCCCCCCC(=O)OC[C@H](COC(=O)CCCN)OC(=O)CCCN. The fraction of sp³-hybridized carbons (Fsp3) is 0.897. The third-order valence-electron chi connectivity index (χ3n) is 6.31. The van der Waals surface area contributed by atoms with Crippen molar-refractivity contribution in [2.24, 2.45) is 11.5 Å². The summed E-state index contributed by atoms with van der Waals surface area (Å²) in [5.74, 6) is -1.20. The molecular weight excluding hydrogens is 472 g/mol. The van der Waals surface area contributed by atoms with Gasteiger partial charge in [0.25, 0.3) is 0 Å². The topological polar surface area (TPSA) is 131 Å². The lowest BCUT2D eigenvalue weighted by Crippen LogP contribution is -2.31. The Balaban J connectivity index is 3.86. The van der Waals surface area contributed by atoms with Crippen LogP contribution in [0.25, 0.3) is 0 Å². The zero-order valence-electron chi connectivity index (χ0n) is 23.7. The second-order valence-electron chi connectivity index (χ2n) is 9.96. The molecule has 0 aromatic rings. The molecule has 0 aromatic carbocycles. The van der Waals surface area contributed by atoms with Crippen LogP contribution in [0.1, 0.15) is 135 Å². The zero-order chi connectivity index (χ0) is 27.4. The lowest BCUT2D eigenvalue weighted by molar-refractivity contribution is -0.166. The first-order chi connectivity index (χ1) is 18.0. The predicted molar refractivity (Wildman–Crippen MR) is 148 cm³/mol. The maximum Gasteiger partial charge on any atom is 0.306 e. The molecule has 0 fully saturated rings. The van der Waals surface area contributed by atoms with E-state index in [9.17, 15) is 14.4 Å². The Morgan fingerprint density at radius 3 is 1.27 bits per heavy atom. The van der Waals surface area contributed by atoms with Crippen LogP contribution in [0.15, 0.2) is 0 Å². The normalized spacial score (nSPS) is 11.8. The number of esters is 3. The maximum atomic E-state index is 12.1. The molecule has 4 N–H and O–H groups in total. The Hall–Kier alpha value is -1.67. The van der Waals surface area contributed by atoms with E-state index in [-0.39, 0.29) is 32.0 Å². The summed E-state index contributed by atoms with van der Waals surface area (Å²) >= 11 is 0. The Bertz CT molecular complexity index is 559. The van der Waals surface area contributed by atoms with E-state index in [0.717, 1.165) is 19.3 Å². The van der Waals surface area contributed by atoms with Gasteiger partial charge in [0.2, 0.25) is 0 Å². The molecule has 37 heavy (non-hydrogen) atoms. The highest BCUT2D eigenvalue weighted by Crippen LogP contribution is 2.14. The van der Waals surface area contributed by atoms with E-state index in [1.807, 2.05) is 0 Å². The molecule has 0 aliphatic rings. The number of hydrogen-bond donors (Lipinski definition) is 2. The summed E-state index contributed by atoms with van der Waals surface area (Å²) in [6.07, 6.45) is 19.9. The third-order valence-corrected chi connectivity index (χ3v) is 6.31. The number of carbonyl (C=O) groups excluding carboxylic acids is 3. The average molecular weight is 529 g/mol. The van der Waals surface area contributed by atoms with Crippen LogP contribution < -0.4 is 11.5 Å². The van der Waals surface area contributed by atoms with Crippen molar-refractivity contribution in [3.63, 3.8) is 0 Å². The van der Waals surface area contributed by atoms with Crippen LogP contribution in [0.5, 0.6) is 0 Å². The van der Waals surface area contributed by atoms with Gasteiger partial charge < -0.3 is 25.7 Å². The van der Waals surface area contributed by atoms with Crippen LogP contribution in [0, 0.1) is 0 Å². The van der Waals surface area contributed by atoms with Gasteiger partial charge in [0, 0.05) is 19.3 Å². The van der Waals surface area contributed by atoms with Gasteiger partial charge in [-0.05, 0) is 32.4 Å². The fourth-order valence-electron chi connectivity index (χ4n) is 4.01. The van der Waals surface area contributed by atoms with Crippen molar-refractivity contribution < 1.29 is 28.6 Å². The van der Waals surface area contributed by atoms with Crippen molar-refractivity contribution in [1.82, 2.24) is 0 Å². The number of rotatable bonds is 27. The first kappa shape index (κ1) is 35.3. The largest absolute Gasteiger partial charge is 0.462 e. The van der Waals surface area contributed by atoms with Crippen molar-refractivity contribution in [1.29, 1.82) is 0 Å². The Kier molecular flexibility index (Phi) is 26.1. The van der Waals surface area contributed by atoms with Crippen LogP contribution in [-0.2, 0) is 28.6 Å². The molecule has 0 aliphatic heterocycles. The molecule has 1 atom stereocenters. The zero-order valence-corrected chi connectivity index (χ0v) is 23.7. The van der Waals surface area contributed by atoms with E-state index < -0.39 is 18.0 Å². The smallest absolute Gasteiger partial charge is 0.306 e. The second-order valence-corrected chi connectivity index (χ2v) is 9.96. The highest BCUT2D eigenvalue weighted by Gasteiger charge is 2.19. The van der Waals surface area contributed by atoms with Crippen molar-refractivity contribution in [2.45, 2.75) is 141 Å². The molecule has 0 spiro atoms. The molecular formula is C29H56N2O6. The van der Waals surface area contributed by atoms with E-state index in [1.165, 1.54) is 77.0 Å². The highest BCUT2D eigenvalue weighted by molar-refractivity contribution is 5.71. The van der Waals surface area contributed by atoms with Gasteiger partial charge >= 0.3 is 17.9 Å². The fourth-order valence-corrected chi connectivity index (χ4v) is 4.01. The number of hydrogen-bond acceptors (Lipinski definition) is 8. The summed E-state index contributed by atoms with van der Waals surface area (Å²) in [5, 5.41) is 0. The number of ether oxygens (including phenoxy) is 3. The molecule has 0 heterocycles. The average Bonchev–Trinajstić information content (AvgIpc) is 2.89.